The summed E-state index contributed by atoms with van der Waals surface area (Å²) in [6, 6.07) is 28.8. The number of aryl methyl sites for hydroxylation is 2. The third-order valence-corrected chi connectivity index (χ3v) is 6.42. The van der Waals surface area contributed by atoms with Crippen LogP contribution in [0.1, 0.15) is 25.0 Å². The molecule has 0 nitrogen and oxygen atoms in total. The number of rotatable bonds is 5. The van der Waals surface area contributed by atoms with Crippen molar-refractivity contribution in [3.8, 4) is 0 Å². The Balaban J connectivity index is 2.17. The van der Waals surface area contributed by atoms with Gasteiger partial charge in [0.05, 0.1) is 10.9 Å². The van der Waals surface area contributed by atoms with Crippen LogP contribution in [0, 0.1) is 0 Å². The largest absolute Gasteiger partial charge is 0.169 e. The first-order valence-corrected chi connectivity index (χ1v) is 9.52. The Morgan fingerprint density at radius 1 is 0.652 bits per heavy atom. The van der Waals surface area contributed by atoms with Gasteiger partial charge in [-0.2, -0.15) is 0 Å². The summed E-state index contributed by atoms with van der Waals surface area (Å²) in [5.74, 6) is 0. The van der Waals surface area contributed by atoms with Gasteiger partial charge in [-0.05, 0) is 48.7 Å². The van der Waals surface area contributed by atoms with Gasteiger partial charge in [-0.1, -0.05) is 62.4 Å². The van der Waals surface area contributed by atoms with Crippen LogP contribution in [0.3, 0.4) is 0 Å². The maximum Gasteiger partial charge on any atom is 0.169 e. The van der Waals surface area contributed by atoms with Crippen molar-refractivity contribution in [2.45, 2.75) is 41.4 Å². The Kier molecular flexibility index (Phi) is 5.19. The summed E-state index contributed by atoms with van der Waals surface area (Å²) in [6.07, 6.45) is 2.17. The van der Waals surface area contributed by atoms with E-state index in [4.69, 9.17) is 0 Å². The monoisotopic (exact) mass is 319 g/mol. The van der Waals surface area contributed by atoms with E-state index < -0.39 is 0 Å². The van der Waals surface area contributed by atoms with Crippen LogP contribution in [0.25, 0.3) is 0 Å². The average molecular weight is 319 g/mol. The summed E-state index contributed by atoms with van der Waals surface area (Å²) in [7, 11) is -0.0363. The van der Waals surface area contributed by atoms with Crippen LogP contribution in [-0.4, -0.2) is 0 Å². The van der Waals surface area contributed by atoms with Gasteiger partial charge < -0.3 is 0 Å². The molecule has 116 valence electrons. The smallest absolute Gasteiger partial charge is 0.0619 e. The Hall–Kier alpha value is -1.99. The van der Waals surface area contributed by atoms with Crippen LogP contribution in [0.2, 0.25) is 0 Å². The first kappa shape index (κ1) is 15.9. The van der Waals surface area contributed by atoms with Gasteiger partial charge in [0.2, 0.25) is 0 Å². The molecule has 0 N–H and O–H groups in total. The average Bonchev–Trinajstić information content (AvgIpc) is 2.64. The van der Waals surface area contributed by atoms with Crippen molar-refractivity contribution >= 4 is 10.9 Å². The highest BCUT2D eigenvalue weighted by Crippen LogP contribution is 2.33. The van der Waals surface area contributed by atoms with E-state index in [-0.39, 0.29) is 10.9 Å². The van der Waals surface area contributed by atoms with Crippen LogP contribution in [0.15, 0.2) is 93.5 Å². The molecule has 0 saturated heterocycles. The van der Waals surface area contributed by atoms with E-state index in [1.807, 2.05) is 0 Å². The van der Waals surface area contributed by atoms with Gasteiger partial charge in [-0.25, -0.2) is 0 Å². The first-order valence-electron chi connectivity index (χ1n) is 8.29. The van der Waals surface area contributed by atoms with E-state index in [2.05, 4.69) is 92.7 Å². The van der Waals surface area contributed by atoms with Crippen molar-refractivity contribution in [3.05, 3.63) is 90.0 Å². The molecular formula is C22H23S+. The molecule has 0 spiro atoms. The molecule has 3 rings (SSSR count). The molecule has 0 radical (unpaired) electrons. The SMILES string of the molecule is CCc1ccc([S+](c2ccccc2)c2ccccc2)c(CC)c1. The van der Waals surface area contributed by atoms with Crippen LogP contribution >= 0.6 is 0 Å². The molecule has 0 aliphatic rings. The van der Waals surface area contributed by atoms with Crippen LogP contribution in [0.5, 0.6) is 0 Å². The molecule has 0 aromatic heterocycles. The van der Waals surface area contributed by atoms with Crippen LogP contribution in [-0.2, 0) is 23.7 Å². The van der Waals surface area contributed by atoms with E-state index in [1.165, 1.54) is 25.8 Å². The Morgan fingerprint density at radius 3 is 1.70 bits per heavy atom. The van der Waals surface area contributed by atoms with Gasteiger partial charge in [0.1, 0.15) is 0 Å². The topological polar surface area (TPSA) is 0 Å². The predicted molar refractivity (Wildman–Crippen MR) is 100 cm³/mol. The molecular weight excluding hydrogens is 296 g/mol. The van der Waals surface area contributed by atoms with Crippen molar-refractivity contribution in [1.29, 1.82) is 0 Å². The third kappa shape index (κ3) is 3.51. The Labute approximate surface area is 142 Å². The van der Waals surface area contributed by atoms with Crippen molar-refractivity contribution in [2.24, 2.45) is 0 Å². The molecule has 3 aromatic rings. The molecule has 0 unspecified atom stereocenters. The van der Waals surface area contributed by atoms with E-state index in [0.717, 1.165) is 12.8 Å². The zero-order valence-corrected chi connectivity index (χ0v) is 14.6. The molecule has 0 aliphatic heterocycles. The molecule has 3 aromatic carbocycles. The highest BCUT2D eigenvalue weighted by molar-refractivity contribution is 7.97. The Morgan fingerprint density at radius 2 is 1.22 bits per heavy atom. The van der Waals surface area contributed by atoms with Gasteiger partial charge in [-0.3, -0.25) is 0 Å². The molecule has 0 heterocycles. The van der Waals surface area contributed by atoms with Gasteiger partial charge in [-0.15, -0.1) is 0 Å². The molecule has 0 bridgehead atoms. The van der Waals surface area contributed by atoms with Gasteiger partial charge in [0.15, 0.2) is 14.7 Å². The van der Waals surface area contributed by atoms with Gasteiger partial charge in [0, 0.05) is 5.56 Å². The summed E-state index contributed by atoms with van der Waals surface area (Å²) in [5.41, 5.74) is 2.90. The van der Waals surface area contributed by atoms with E-state index in [0.29, 0.717) is 0 Å². The van der Waals surface area contributed by atoms with Crippen molar-refractivity contribution in [1.82, 2.24) is 0 Å². The molecule has 23 heavy (non-hydrogen) atoms. The second kappa shape index (κ2) is 7.52. The quantitative estimate of drug-likeness (QED) is 0.513. The summed E-state index contributed by atoms with van der Waals surface area (Å²) >= 11 is 0. The standard InChI is InChI=1S/C22H23S/c1-3-18-15-16-22(19(4-2)17-18)23(20-11-7-5-8-12-20)21-13-9-6-10-14-21/h5-17H,3-4H2,1-2H3/q+1. The highest BCUT2D eigenvalue weighted by Gasteiger charge is 2.30. The second-order valence-corrected chi connectivity index (χ2v) is 7.58. The van der Waals surface area contributed by atoms with E-state index in [1.54, 1.807) is 0 Å². The maximum atomic E-state index is 2.39. The summed E-state index contributed by atoms with van der Waals surface area (Å²) in [4.78, 5) is 4.23. The van der Waals surface area contributed by atoms with Crippen molar-refractivity contribution < 1.29 is 0 Å². The summed E-state index contributed by atoms with van der Waals surface area (Å²) in [6.45, 7) is 4.48. The molecule has 0 saturated carbocycles. The minimum absolute atomic E-state index is 0.0363. The summed E-state index contributed by atoms with van der Waals surface area (Å²) in [5, 5.41) is 0. The minimum Gasteiger partial charge on any atom is -0.0619 e. The molecule has 0 fully saturated rings. The van der Waals surface area contributed by atoms with Crippen molar-refractivity contribution in [2.75, 3.05) is 0 Å². The lowest BCUT2D eigenvalue weighted by molar-refractivity contribution is 1.04. The minimum atomic E-state index is -0.0363. The highest BCUT2D eigenvalue weighted by atomic mass is 32.2. The number of benzene rings is 3. The molecule has 1 heteroatoms. The summed E-state index contributed by atoms with van der Waals surface area (Å²) < 4.78 is 0. The first-order chi connectivity index (χ1) is 11.3. The zero-order valence-electron chi connectivity index (χ0n) is 13.8. The van der Waals surface area contributed by atoms with Crippen LogP contribution in [0.4, 0.5) is 0 Å². The van der Waals surface area contributed by atoms with Gasteiger partial charge in [0.25, 0.3) is 0 Å². The number of hydrogen-bond donors (Lipinski definition) is 0. The second-order valence-electron chi connectivity index (χ2n) is 5.58. The molecule has 0 aliphatic carbocycles. The van der Waals surface area contributed by atoms with Gasteiger partial charge >= 0.3 is 0 Å². The lowest BCUT2D eigenvalue weighted by atomic mass is 10.1. The predicted octanol–water partition coefficient (Wildman–Crippen LogP) is 5.91. The fourth-order valence-corrected chi connectivity index (χ4v) is 5.14. The van der Waals surface area contributed by atoms with E-state index >= 15 is 0 Å². The molecule has 0 atom stereocenters. The van der Waals surface area contributed by atoms with E-state index in [9.17, 15) is 0 Å². The fourth-order valence-electron chi connectivity index (χ4n) is 2.83. The van der Waals surface area contributed by atoms with Crippen LogP contribution < -0.4 is 0 Å². The number of hydrogen-bond acceptors (Lipinski definition) is 0. The Bertz CT molecular complexity index is 708. The maximum absolute atomic E-state index is 2.39. The zero-order chi connectivity index (χ0) is 16.1. The molecule has 0 amide bonds. The fraction of sp³-hybridized carbons (Fsp3) is 0.182. The third-order valence-electron chi connectivity index (χ3n) is 4.09. The normalized spacial score (nSPS) is 10.9. The lowest BCUT2D eigenvalue weighted by Gasteiger charge is -2.12. The lowest BCUT2D eigenvalue weighted by Crippen LogP contribution is -2.08. The van der Waals surface area contributed by atoms with Crippen molar-refractivity contribution in [3.63, 3.8) is 0 Å².